The number of aryl methyl sites for hydroxylation is 1. The Kier molecular flexibility index (Phi) is 1.99. The molecule has 0 radical (unpaired) electrons. The molecule has 2 N–H and O–H groups in total. The predicted molar refractivity (Wildman–Crippen MR) is 78.1 cm³/mol. The zero-order chi connectivity index (χ0) is 19.5. The molecule has 1 heterocycles. The van der Waals surface area contributed by atoms with Gasteiger partial charge in [0.05, 0.1) is 26.1 Å². The van der Waals surface area contributed by atoms with Gasteiger partial charge in [0.15, 0.2) is 5.78 Å². The Bertz CT molecular complexity index is 1030. The highest BCUT2D eigenvalue weighted by Crippen LogP contribution is 2.24. The van der Waals surface area contributed by atoms with E-state index in [1.54, 1.807) is 0 Å². The molecule has 1 fully saturated rings. The van der Waals surface area contributed by atoms with Gasteiger partial charge in [0, 0.05) is 16.2 Å². The first-order chi connectivity index (χ1) is 12.0. The Hall–Kier alpha value is -2.50. The lowest BCUT2D eigenvalue weighted by Crippen LogP contribution is -2.36. The highest BCUT2D eigenvalue weighted by molar-refractivity contribution is 6.03. The molecule has 0 bridgehead atoms. The van der Waals surface area contributed by atoms with E-state index in [1.807, 2.05) is 0 Å². The van der Waals surface area contributed by atoms with Crippen LogP contribution >= 0.6 is 0 Å². The smallest absolute Gasteiger partial charge is 0.264 e. The molecule has 2 unspecified atom stereocenters. The van der Waals surface area contributed by atoms with Gasteiger partial charge in [-0.2, -0.15) is 0 Å². The number of hydrogen-bond acceptors (Lipinski definition) is 5. The Morgan fingerprint density at radius 1 is 1.48 bits per heavy atom. The molecule has 21 heavy (non-hydrogen) atoms. The summed E-state index contributed by atoms with van der Waals surface area (Å²) in [4.78, 5) is 41.2. The largest absolute Gasteiger partial charge is 0.398 e. The highest BCUT2D eigenvalue weighted by atomic mass is 16.2. The second kappa shape index (κ2) is 4.80. The van der Waals surface area contributed by atoms with Crippen LogP contribution in [-0.4, -0.2) is 21.1 Å². The molecule has 1 saturated carbocycles. The highest BCUT2D eigenvalue weighted by Gasteiger charge is 2.30. The van der Waals surface area contributed by atoms with Crippen molar-refractivity contribution in [3.05, 3.63) is 34.3 Å². The molecule has 0 amide bonds. The summed E-state index contributed by atoms with van der Waals surface area (Å²) in [6, 6.07) is -1.12. The minimum absolute atomic E-state index is 0.0650. The van der Waals surface area contributed by atoms with E-state index in [1.165, 1.54) is 6.92 Å². The number of carbonyl (C=O) groups excluding carboxylic acids is 2. The van der Waals surface area contributed by atoms with Gasteiger partial charge in [-0.05, 0) is 25.4 Å². The monoisotopic (exact) mass is 290 g/mol. The van der Waals surface area contributed by atoms with Crippen LogP contribution in [0.25, 0.3) is 10.9 Å². The van der Waals surface area contributed by atoms with Crippen LogP contribution < -0.4 is 11.3 Å². The SMILES string of the molecule is [2H]c1cc(N)c2c(=O)n(C3C(=O)CC(=O)C([2H])C3([2H])[2H])c(C)nc2c1[2H]. The molecule has 1 aromatic heterocycles. The third-order valence-electron chi connectivity index (χ3n) is 3.31. The molecule has 6 heteroatoms. The number of nitrogens with two attached hydrogens (primary N) is 1. The quantitative estimate of drug-likeness (QED) is 0.628. The maximum atomic E-state index is 13.0. The summed E-state index contributed by atoms with van der Waals surface area (Å²) in [6.45, 7) is 1.35. The van der Waals surface area contributed by atoms with Crippen LogP contribution in [0.4, 0.5) is 5.69 Å². The fraction of sp³-hybridized carbons (Fsp3) is 0.333. The first kappa shape index (κ1) is 8.71. The van der Waals surface area contributed by atoms with Crippen molar-refractivity contribution in [2.75, 3.05) is 5.73 Å². The predicted octanol–water partition coefficient (Wildman–Crippen LogP) is 1.15. The van der Waals surface area contributed by atoms with E-state index in [0.717, 1.165) is 10.6 Å². The first-order valence-corrected chi connectivity index (χ1v) is 6.24. The third kappa shape index (κ3) is 2.12. The van der Waals surface area contributed by atoms with Gasteiger partial charge in [-0.1, -0.05) is 6.04 Å². The van der Waals surface area contributed by atoms with Gasteiger partial charge in [-0.15, -0.1) is 0 Å². The van der Waals surface area contributed by atoms with E-state index in [4.69, 9.17) is 12.6 Å². The molecular formula is C15H15N3O3. The topological polar surface area (TPSA) is 95.0 Å². The number of anilines is 1. The lowest BCUT2D eigenvalue weighted by Gasteiger charge is -2.24. The minimum atomic E-state index is -2.61. The number of Topliss-reactive ketones (excluding diaryl/α,β-unsaturated/α-hetero) is 2. The Labute approximate surface area is 127 Å². The van der Waals surface area contributed by atoms with Crippen molar-refractivity contribution in [3.63, 3.8) is 0 Å². The molecular weight excluding hydrogens is 270 g/mol. The van der Waals surface area contributed by atoms with E-state index in [-0.39, 0.29) is 34.5 Å². The molecule has 1 aliphatic rings. The van der Waals surface area contributed by atoms with Crippen LogP contribution in [0.3, 0.4) is 0 Å². The van der Waals surface area contributed by atoms with E-state index >= 15 is 0 Å². The maximum Gasteiger partial charge on any atom is 0.264 e. The van der Waals surface area contributed by atoms with Crippen LogP contribution in [0.15, 0.2) is 22.9 Å². The summed E-state index contributed by atoms with van der Waals surface area (Å²) in [5.41, 5.74) is 4.72. The molecule has 0 aliphatic heterocycles. The first-order valence-electron chi connectivity index (χ1n) is 8.82. The normalized spacial score (nSPS) is 28.5. The van der Waals surface area contributed by atoms with E-state index in [2.05, 4.69) is 4.98 Å². The van der Waals surface area contributed by atoms with Crippen LogP contribution in [0, 0.1) is 6.92 Å². The van der Waals surface area contributed by atoms with Crippen LogP contribution in [-0.2, 0) is 9.59 Å². The number of rotatable bonds is 1. The van der Waals surface area contributed by atoms with Crippen LogP contribution in [0.5, 0.6) is 0 Å². The minimum Gasteiger partial charge on any atom is -0.398 e. The van der Waals surface area contributed by atoms with Crippen molar-refractivity contribution < 1.29 is 16.4 Å². The maximum absolute atomic E-state index is 13.0. The zero-order valence-electron chi connectivity index (χ0n) is 16.1. The van der Waals surface area contributed by atoms with Crippen molar-refractivity contribution in [2.24, 2.45) is 0 Å². The van der Waals surface area contributed by atoms with Gasteiger partial charge in [-0.25, -0.2) is 4.98 Å². The zero-order valence-corrected chi connectivity index (χ0v) is 11.1. The number of nitrogen functional groups attached to an aromatic ring is 1. The molecule has 108 valence electrons. The molecule has 0 saturated heterocycles. The van der Waals surface area contributed by atoms with Crippen molar-refractivity contribution in [3.8, 4) is 0 Å². The van der Waals surface area contributed by atoms with Crippen molar-refractivity contribution in [1.29, 1.82) is 0 Å². The van der Waals surface area contributed by atoms with Crippen LogP contribution in [0.2, 0.25) is 0 Å². The van der Waals surface area contributed by atoms with E-state index in [0.29, 0.717) is 0 Å². The van der Waals surface area contributed by atoms with Gasteiger partial charge < -0.3 is 5.73 Å². The van der Waals surface area contributed by atoms with Gasteiger partial charge >= 0.3 is 0 Å². The molecule has 2 atom stereocenters. The summed E-state index contributed by atoms with van der Waals surface area (Å²) < 4.78 is 40.3. The number of benzene rings is 1. The number of fused-ring (bicyclic) bond motifs is 1. The second-order valence-electron chi connectivity index (χ2n) is 4.75. The number of hydrogen-bond donors (Lipinski definition) is 1. The molecule has 1 aliphatic carbocycles. The number of nitrogens with zero attached hydrogens (tertiary/aromatic N) is 2. The van der Waals surface area contributed by atoms with Crippen molar-refractivity contribution in [1.82, 2.24) is 9.55 Å². The summed E-state index contributed by atoms with van der Waals surface area (Å²) in [7, 11) is 0. The standard InChI is InChI=1S/C15H15N3O3/c1-8-17-11-4-2-3-10(16)14(11)15(21)18(8)12-6-5-9(19)7-13(12)20/h2-4,12H,5-7,16H2,1H3/i2D,4D,5D,6D2. The lowest BCUT2D eigenvalue weighted by atomic mass is 9.92. The van der Waals surface area contributed by atoms with Crippen molar-refractivity contribution in [2.45, 2.75) is 32.2 Å². The fourth-order valence-electron chi connectivity index (χ4n) is 2.35. The van der Waals surface area contributed by atoms with E-state index < -0.39 is 42.4 Å². The van der Waals surface area contributed by atoms with Gasteiger partial charge in [0.25, 0.3) is 5.56 Å². The summed E-state index contributed by atoms with van der Waals surface area (Å²) in [5.74, 6) is -1.73. The number of aromatic nitrogens is 2. The van der Waals surface area contributed by atoms with Gasteiger partial charge in [0.1, 0.15) is 11.6 Å². The van der Waals surface area contributed by atoms with Gasteiger partial charge in [0.2, 0.25) is 0 Å². The summed E-state index contributed by atoms with van der Waals surface area (Å²) in [6.07, 6.45) is -5.07. The molecule has 0 spiro atoms. The Morgan fingerprint density at radius 3 is 3.00 bits per heavy atom. The second-order valence-corrected chi connectivity index (χ2v) is 4.75. The lowest BCUT2D eigenvalue weighted by molar-refractivity contribution is -0.132. The average Bonchev–Trinajstić information content (AvgIpc) is 2.53. The third-order valence-corrected chi connectivity index (χ3v) is 3.31. The average molecular weight is 290 g/mol. The Morgan fingerprint density at radius 2 is 2.24 bits per heavy atom. The fourth-order valence-corrected chi connectivity index (χ4v) is 2.35. The van der Waals surface area contributed by atoms with E-state index in [9.17, 15) is 14.4 Å². The summed E-state index contributed by atoms with van der Waals surface area (Å²) >= 11 is 0. The van der Waals surface area contributed by atoms with Crippen molar-refractivity contribution >= 4 is 28.2 Å². The van der Waals surface area contributed by atoms with Gasteiger partial charge in [-0.3, -0.25) is 19.0 Å². The molecule has 6 nitrogen and oxygen atoms in total. The Balaban J connectivity index is 2.38. The molecule has 3 rings (SSSR count). The summed E-state index contributed by atoms with van der Waals surface area (Å²) in [5, 5.41) is -0.196. The molecule has 2 aromatic rings. The number of ketones is 2. The number of carbonyl (C=O) groups is 2. The molecule has 1 aromatic carbocycles. The van der Waals surface area contributed by atoms with Crippen LogP contribution in [0.1, 0.15) is 37.9 Å².